The Morgan fingerprint density at radius 1 is 1.04 bits per heavy atom. The minimum atomic E-state index is -0.844. The molecule has 4 heteroatoms. The molecule has 3 N–H and O–H groups in total. The van der Waals surface area contributed by atoms with Gasteiger partial charge in [-0.15, -0.1) is 0 Å². The van der Waals surface area contributed by atoms with Crippen LogP contribution >= 0.6 is 0 Å². The first kappa shape index (κ1) is 19.0. The fraction of sp³-hybridized carbons (Fsp3) is 0.381. The topological polar surface area (TPSA) is 64.4 Å². The van der Waals surface area contributed by atoms with Crippen molar-refractivity contribution in [3.63, 3.8) is 0 Å². The normalized spacial score (nSPS) is 11.2. The first-order valence-corrected chi connectivity index (χ1v) is 8.78. The van der Waals surface area contributed by atoms with Gasteiger partial charge in [-0.25, -0.2) is 0 Å². The van der Waals surface area contributed by atoms with Gasteiger partial charge in [0.2, 0.25) is 5.91 Å². The molecule has 0 aliphatic rings. The van der Waals surface area contributed by atoms with Gasteiger partial charge in [0.05, 0.1) is 12.1 Å². The Bertz CT molecular complexity index is 663. The molecule has 0 saturated heterocycles. The van der Waals surface area contributed by atoms with Gasteiger partial charge in [-0.05, 0) is 56.4 Å². The van der Waals surface area contributed by atoms with Crippen molar-refractivity contribution >= 4 is 5.91 Å². The van der Waals surface area contributed by atoms with E-state index in [1.807, 2.05) is 30.3 Å². The second-order valence-corrected chi connectivity index (χ2v) is 6.81. The molecule has 0 aliphatic heterocycles. The van der Waals surface area contributed by atoms with Gasteiger partial charge in [0.25, 0.3) is 0 Å². The van der Waals surface area contributed by atoms with Gasteiger partial charge in [0, 0.05) is 6.54 Å². The van der Waals surface area contributed by atoms with Gasteiger partial charge in [0.15, 0.2) is 0 Å². The van der Waals surface area contributed by atoms with E-state index >= 15 is 0 Å². The van der Waals surface area contributed by atoms with Crippen LogP contribution < -0.4 is 15.8 Å². The van der Waals surface area contributed by atoms with Crippen molar-refractivity contribution in [3.05, 3.63) is 65.7 Å². The lowest BCUT2D eigenvalue weighted by Gasteiger charge is -2.17. The molecule has 0 atom stereocenters. The van der Waals surface area contributed by atoms with Crippen LogP contribution in [0.5, 0.6) is 5.75 Å². The number of hydrogen-bond acceptors (Lipinski definition) is 3. The zero-order valence-electron chi connectivity index (χ0n) is 15.1. The molecule has 0 heterocycles. The number of ether oxygens (including phenoxy) is 1. The standard InChI is InChI=1S/C21H28N2O2/c1-21(2,22)20(24)23-14-13-18-10-6-12-19(16-18)25-15-7-11-17-8-4-3-5-9-17/h3-6,8-10,12,16H,7,11,13-15,22H2,1-2H3,(H,23,24). The number of benzene rings is 2. The molecule has 0 aromatic heterocycles. The van der Waals surface area contributed by atoms with Gasteiger partial charge in [-0.2, -0.15) is 0 Å². The van der Waals surface area contributed by atoms with Crippen molar-refractivity contribution in [1.29, 1.82) is 0 Å². The molecule has 0 unspecified atom stereocenters. The maximum absolute atomic E-state index is 11.8. The molecule has 0 bridgehead atoms. The summed E-state index contributed by atoms with van der Waals surface area (Å²) in [7, 11) is 0. The highest BCUT2D eigenvalue weighted by atomic mass is 16.5. The highest BCUT2D eigenvalue weighted by Crippen LogP contribution is 2.14. The summed E-state index contributed by atoms with van der Waals surface area (Å²) in [6.07, 6.45) is 2.75. The van der Waals surface area contributed by atoms with Gasteiger partial charge in [0.1, 0.15) is 5.75 Å². The first-order valence-electron chi connectivity index (χ1n) is 8.78. The maximum atomic E-state index is 11.8. The van der Waals surface area contributed by atoms with Crippen LogP contribution in [-0.2, 0) is 17.6 Å². The lowest BCUT2D eigenvalue weighted by molar-refractivity contribution is -0.125. The number of aryl methyl sites for hydroxylation is 1. The van der Waals surface area contributed by atoms with E-state index in [4.69, 9.17) is 10.5 Å². The van der Waals surface area contributed by atoms with Gasteiger partial charge in [-0.3, -0.25) is 4.79 Å². The minimum Gasteiger partial charge on any atom is -0.494 e. The van der Waals surface area contributed by atoms with Crippen molar-refractivity contribution in [2.45, 2.75) is 38.6 Å². The van der Waals surface area contributed by atoms with Crippen LogP contribution in [0, 0.1) is 0 Å². The fourth-order valence-electron chi connectivity index (χ4n) is 2.45. The lowest BCUT2D eigenvalue weighted by Crippen LogP contribution is -2.49. The van der Waals surface area contributed by atoms with Crippen molar-refractivity contribution < 1.29 is 9.53 Å². The number of nitrogens with one attached hydrogen (secondary N) is 1. The van der Waals surface area contributed by atoms with Gasteiger partial charge >= 0.3 is 0 Å². The van der Waals surface area contributed by atoms with Crippen LogP contribution in [0.25, 0.3) is 0 Å². The summed E-state index contributed by atoms with van der Waals surface area (Å²) < 4.78 is 5.84. The molecule has 0 fully saturated rings. The van der Waals surface area contributed by atoms with Gasteiger partial charge in [-0.1, -0.05) is 42.5 Å². The summed E-state index contributed by atoms with van der Waals surface area (Å²) >= 11 is 0. The Balaban J connectivity index is 1.72. The summed E-state index contributed by atoms with van der Waals surface area (Å²) in [6, 6.07) is 18.4. The number of amides is 1. The average molecular weight is 340 g/mol. The molecule has 0 aliphatic carbocycles. The minimum absolute atomic E-state index is 0.138. The molecular formula is C21H28N2O2. The van der Waals surface area contributed by atoms with Crippen LogP contribution in [0.3, 0.4) is 0 Å². The van der Waals surface area contributed by atoms with E-state index in [9.17, 15) is 4.79 Å². The summed E-state index contributed by atoms with van der Waals surface area (Å²) in [5, 5.41) is 2.86. The van der Waals surface area contributed by atoms with Crippen LogP contribution in [-0.4, -0.2) is 24.6 Å². The molecule has 25 heavy (non-hydrogen) atoms. The van der Waals surface area contributed by atoms with E-state index in [0.717, 1.165) is 30.6 Å². The summed E-state index contributed by atoms with van der Waals surface area (Å²) in [5.41, 5.74) is 7.38. The van der Waals surface area contributed by atoms with Crippen LogP contribution in [0.4, 0.5) is 0 Å². The molecule has 1 amide bonds. The fourth-order valence-corrected chi connectivity index (χ4v) is 2.45. The van der Waals surface area contributed by atoms with E-state index in [1.54, 1.807) is 13.8 Å². The largest absolute Gasteiger partial charge is 0.494 e. The number of nitrogens with two attached hydrogens (primary N) is 1. The van der Waals surface area contributed by atoms with Crippen LogP contribution in [0.15, 0.2) is 54.6 Å². The number of carbonyl (C=O) groups excluding carboxylic acids is 1. The molecule has 2 rings (SSSR count). The van der Waals surface area contributed by atoms with E-state index in [-0.39, 0.29) is 5.91 Å². The third-order valence-electron chi connectivity index (χ3n) is 3.90. The Kier molecular flexibility index (Phi) is 7.02. The second-order valence-electron chi connectivity index (χ2n) is 6.81. The predicted octanol–water partition coefficient (Wildman–Crippen LogP) is 3.09. The van der Waals surface area contributed by atoms with Crippen molar-refractivity contribution in [3.8, 4) is 5.75 Å². The highest BCUT2D eigenvalue weighted by Gasteiger charge is 2.20. The summed E-state index contributed by atoms with van der Waals surface area (Å²) in [4.78, 5) is 11.8. The van der Waals surface area contributed by atoms with E-state index in [0.29, 0.717) is 13.2 Å². The van der Waals surface area contributed by atoms with E-state index in [2.05, 4.69) is 29.6 Å². The van der Waals surface area contributed by atoms with E-state index in [1.165, 1.54) is 5.56 Å². The average Bonchev–Trinajstić information content (AvgIpc) is 2.59. The Morgan fingerprint density at radius 2 is 1.76 bits per heavy atom. The van der Waals surface area contributed by atoms with Crippen LogP contribution in [0.2, 0.25) is 0 Å². The quantitative estimate of drug-likeness (QED) is 0.690. The highest BCUT2D eigenvalue weighted by molar-refractivity contribution is 5.84. The van der Waals surface area contributed by atoms with Gasteiger partial charge < -0.3 is 15.8 Å². The van der Waals surface area contributed by atoms with Crippen molar-refractivity contribution in [2.24, 2.45) is 5.73 Å². The molecule has 134 valence electrons. The molecule has 2 aromatic carbocycles. The Labute approximate surface area is 150 Å². The zero-order chi connectivity index (χ0) is 18.1. The zero-order valence-corrected chi connectivity index (χ0v) is 15.1. The number of carbonyl (C=O) groups is 1. The smallest absolute Gasteiger partial charge is 0.239 e. The number of rotatable bonds is 9. The SMILES string of the molecule is CC(C)(N)C(=O)NCCc1cccc(OCCCc2ccccc2)c1. The first-order chi connectivity index (χ1) is 11.9. The van der Waals surface area contributed by atoms with E-state index < -0.39 is 5.54 Å². The lowest BCUT2D eigenvalue weighted by atomic mass is 10.1. The maximum Gasteiger partial charge on any atom is 0.239 e. The molecule has 0 spiro atoms. The molecule has 2 aromatic rings. The second kappa shape index (κ2) is 9.23. The van der Waals surface area contributed by atoms with Crippen molar-refractivity contribution in [1.82, 2.24) is 5.32 Å². The molecule has 4 nitrogen and oxygen atoms in total. The predicted molar refractivity (Wildman–Crippen MR) is 102 cm³/mol. The molecular weight excluding hydrogens is 312 g/mol. The Hall–Kier alpha value is -2.33. The van der Waals surface area contributed by atoms with Crippen LogP contribution in [0.1, 0.15) is 31.4 Å². The van der Waals surface area contributed by atoms with Crippen molar-refractivity contribution in [2.75, 3.05) is 13.2 Å². The number of hydrogen-bond donors (Lipinski definition) is 2. The Morgan fingerprint density at radius 3 is 2.48 bits per heavy atom. The molecule has 0 saturated carbocycles. The third-order valence-corrected chi connectivity index (χ3v) is 3.90. The summed E-state index contributed by atoms with van der Waals surface area (Å²) in [5.74, 6) is 0.733. The third kappa shape index (κ3) is 6.98. The summed E-state index contributed by atoms with van der Waals surface area (Å²) in [6.45, 7) is 4.66. The molecule has 0 radical (unpaired) electrons. The monoisotopic (exact) mass is 340 g/mol.